The molecule has 0 saturated carbocycles. The van der Waals surface area contributed by atoms with Crippen molar-refractivity contribution in [3.8, 4) is 0 Å². The fraction of sp³-hybridized carbons (Fsp3) is 0. The molecule has 82 valence electrons. The van der Waals surface area contributed by atoms with Crippen molar-refractivity contribution in [1.29, 1.82) is 0 Å². The van der Waals surface area contributed by atoms with Gasteiger partial charge in [0.05, 0.1) is 11.8 Å². The molecule has 16 heavy (non-hydrogen) atoms. The Balaban J connectivity index is 2.14. The zero-order valence-corrected chi connectivity index (χ0v) is 10.8. The molecule has 1 amide bonds. The quantitative estimate of drug-likeness (QED) is 0.848. The van der Waals surface area contributed by atoms with Gasteiger partial charge >= 0.3 is 0 Å². The van der Waals surface area contributed by atoms with Crippen LogP contribution in [0.5, 0.6) is 0 Å². The van der Waals surface area contributed by atoms with Crippen LogP contribution in [0.4, 0.5) is 5.82 Å². The Kier molecular flexibility index (Phi) is 3.45. The number of furan rings is 1. The minimum absolute atomic E-state index is 0.0722. The number of nitrogens with zero attached hydrogens (tertiary/aromatic N) is 1. The highest BCUT2D eigenvalue weighted by molar-refractivity contribution is 14.1. The van der Waals surface area contributed by atoms with Crippen LogP contribution in [-0.2, 0) is 0 Å². The molecule has 0 saturated heterocycles. The van der Waals surface area contributed by atoms with Crippen LogP contribution in [0.1, 0.15) is 10.4 Å². The largest absolute Gasteiger partial charge is 0.452 e. The molecule has 2 aromatic rings. The zero-order chi connectivity index (χ0) is 11.5. The Morgan fingerprint density at radius 2 is 2.25 bits per heavy atom. The molecule has 2 heterocycles. The first-order valence-electron chi connectivity index (χ1n) is 4.33. The number of aromatic nitrogens is 1. The molecule has 0 aliphatic carbocycles. The molecule has 0 fully saturated rings. The number of amides is 1. The number of halogens is 2. The van der Waals surface area contributed by atoms with E-state index in [9.17, 15) is 4.79 Å². The molecular formula is C10H6ClIN2O2. The lowest BCUT2D eigenvalue weighted by Crippen LogP contribution is -2.12. The summed E-state index contributed by atoms with van der Waals surface area (Å²) >= 11 is 7.81. The van der Waals surface area contributed by atoms with E-state index in [4.69, 9.17) is 16.0 Å². The fourth-order valence-electron chi connectivity index (χ4n) is 1.09. The van der Waals surface area contributed by atoms with E-state index in [1.165, 1.54) is 12.3 Å². The van der Waals surface area contributed by atoms with Crippen molar-refractivity contribution in [2.75, 3.05) is 5.32 Å². The molecule has 0 atom stereocenters. The Bertz CT molecular complexity index is 510. The first-order chi connectivity index (χ1) is 7.66. The second-order valence-corrected chi connectivity index (χ2v) is 4.51. The van der Waals surface area contributed by atoms with E-state index in [1.807, 2.05) is 6.07 Å². The van der Waals surface area contributed by atoms with Crippen molar-refractivity contribution in [3.63, 3.8) is 0 Å². The summed E-state index contributed by atoms with van der Waals surface area (Å²) in [6, 6.07) is 5.07. The summed E-state index contributed by atoms with van der Waals surface area (Å²) in [6.45, 7) is 0. The molecule has 4 nitrogen and oxygen atoms in total. The van der Waals surface area contributed by atoms with Crippen LogP contribution >= 0.6 is 34.2 Å². The number of carbonyl (C=O) groups excluding carboxylic acids is 1. The van der Waals surface area contributed by atoms with Crippen molar-refractivity contribution in [1.82, 2.24) is 4.98 Å². The maximum atomic E-state index is 11.7. The van der Waals surface area contributed by atoms with E-state index in [2.05, 4.69) is 32.9 Å². The van der Waals surface area contributed by atoms with Crippen molar-refractivity contribution >= 4 is 45.9 Å². The number of nitrogens with one attached hydrogen (secondary N) is 1. The highest BCUT2D eigenvalue weighted by atomic mass is 127. The van der Waals surface area contributed by atoms with Gasteiger partial charge in [0.15, 0.2) is 0 Å². The fourth-order valence-corrected chi connectivity index (χ4v) is 1.61. The van der Waals surface area contributed by atoms with Crippen LogP contribution in [0.2, 0.25) is 5.22 Å². The zero-order valence-electron chi connectivity index (χ0n) is 7.91. The number of hydrogen-bond acceptors (Lipinski definition) is 3. The van der Waals surface area contributed by atoms with Gasteiger partial charge in [0.1, 0.15) is 5.82 Å². The van der Waals surface area contributed by atoms with Crippen LogP contribution in [0.25, 0.3) is 0 Å². The predicted octanol–water partition coefficient (Wildman–Crippen LogP) is 3.18. The van der Waals surface area contributed by atoms with Crippen molar-refractivity contribution in [2.45, 2.75) is 0 Å². The molecule has 2 rings (SSSR count). The van der Waals surface area contributed by atoms with Crippen LogP contribution in [0.15, 0.2) is 35.1 Å². The van der Waals surface area contributed by atoms with Gasteiger partial charge in [0.2, 0.25) is 5.22 Å². The third-order valence-electron chi connectivity index (χ3n) is 1.83. The summed E-state index contributed by atoms with van der Waals surface area (Å²) in [7, 11) is 0. The van der Waals surface area contributed by atoms with E-state index in [0.717, 1.165) is 3.57 Å². The third-order valence-corrected chi connectivity index (χ3v) is 2.76. The molecule has 1 N–H and O–H groups in total. The summed E-state index contributed by atoms with van der Waals surface area (Å²) in [5, 5.41) is 2.69. The second kappa shape index (κ2) is 4.84. The van der Waals surface area contributed by atoms with Crippen molar-refractivity contribution in [2.24, 2.45) is 0 Å². The van der Waals surface area contributed by atoms with Crippen molar-refractivity contribution < 1.29 is 9.21 Å². The summed E-state index contributed by atoms with van der Waals surface area (Å²) in [4.78, 5) is 15.7. The van der Waals surface area contributed by atoms with Crippen LogP contribution in [0, 0.1) is 3.57 Å². The Labute approximate surface area is 110 Å². The molecule has 0 aliphatic heterocycles. The lowest BCUT2D eigenvalue weighted by molar-refractivity contribution is 0.102. The third kappa shape index (κ3) is 2.53. The molecule has 2 aromatic heterocycles. The summed E-state index contributed by atoms with van der Waals surface area (Å²) in [6.07, 6.45) is 3.02. The molecule has 0 unspecified atom stereocenters. The van der Waals surface area contributed by atoms with Gasteiger partial charge in [-0.1, -0.05) is 0 Å². The topological polar surface area (TPSA) is 55.1 Å². The lowest BCUT2D eigenvalue weighted by atomic mass is 10.3. The summed E-state index contributed by atoms with van der Waals surface area (Å²) in [5.74, 6) is 0.134. The highest BCUT2D eigenvalue weighted by Crippen LogP contribution is 2.18. The minimum atomic E-state index is -0.340. The maximum absolute atomic E-state index is 11.7. The summed E-state index contributed by atoms with van der Waals surface area (Å²) in [5.41, 5.74) is 0.294. The Morgan fingerprint density at radius 3 is 2.81 bits per heavy atom. The van der Waals surface area contributed by atoms with Gasteiger partial charge in [0.25, 0.3) is 5.91 Å². The average Bonchev–Trinajstić information content (AvgIpc) is 2.68. The Hall–Kier alpha value is -1.08. The molecule has 0 aromatic carbocycles. The number of rotatable bonds is 2. The normalized spacial score (nSPS) is 10.1. The molecule has 6 heteroatoms. The molecule has 0 radical (unpaired) electrons. The van der Waals surface area contributed by atoms with E-state index in [-0.39, 0.29) is 11.1 Å². The average molecular weight is 349 g/mol. The van der Waals surface area contributed by atoms with Gasteiger partial charge < -0.3 is 9.73 Å². The second-order valence-electron chi connectivity index (χ2n) is 2.92. The minimum Gasteiger partial charge on any atom is -0.452 e. The van der Waals surface area contributed by atoms with E-state index in [0.29, 0.717) is 11.4 Å². The van der Waals surface area contributed by atoms with E-state index in [1.54, 1.807) is 12.3 Å². The lowest BCUT2D eigenvalue weighted by Gasteiger charge is -2.02. The first kappa shape index (κ1) is 11.4. The summed E-state index contributed by atoms with van der Waals surface area (Å²) < 4.78 is 5.82. The molecule has 0 bridgehead atoms. The Morgan fingerprint density at radius 1 is 1.44 bits per heavy atom. The van der Waals surface area contributed by atoms with Crippen LogP contribution in [0.3, 0.4) is 0 Å². The standard InChI is InChI=1S/C10H6ClIN2O2/c11-9-7(3-4-16-9)10(15)14-8-2-1-6(12)5-13-8/h1-5H,(H,13,14,15). The molecule has 0 aliphatic rings. The first-order valence-corrected chi connectivity index (χ1v) is 5.78. The number of hydrogen-bond donors (Lipinski definition) is 1. The smallest absolute Gasteiger partial charge is 0.261 e. The van der Waals surface area contributed by atoms with E-state index < -0.39 is 0 Å². The SMILES string of the molecule is O=C(Nc1ccc(I)cn1)c1ccoc1Cl. The molecular weight excluding hydrogens is 342 g/mol. The van der Waals surface area contributed by atoms with Gasteiger partial charge in [-0.15, -0.1) is 0 Å². The van der Waals surface area contributed by atoms with Crippen LogP contribution in [-0.4, -0.2) is 10.9 Å². The van der Waals surface area contributed by atoms with Gasteiger partial charge in [-0.25, -0.2) is 4.98 Å². The number of carbonyl (C=O) groups is 1. The van der Waals surface area contributed by atoms with Gasteiger partial charge in [0, 0.05) is 9.77 Å². The van der Waals surface area contributed by atoms with Crippen LogP contribution < -0.4 is 5.32 Å². The van der Waals surface area contributed by atoms with E-state index >= 15 is 0 Å². The maximum Gasteiger partial charge on any atom is 0.261 e. The van der Waals surface area contributed by atoms with Crippen molar-refractivity contribution in [3.05, 3.63) is 45.0 Å². The van der Waals surface area contributed by atoms with Gasteiger partial charge in [-0.3, -0.25) is 4.79 Å². The van der Waals surface area contributed by atoms with Gasteiger partial charge in [-0.2, -0.15) is 0 Å². The monoisotopic (exact) mass is 348 g/mol. The highest BCUT2D eigenvalue weighted by Gasteiger charge is 2.13. The predicted molar refractivity (Wildman–Crippen MR) is 68.6 cm³/mol. The number of anilines is 1. The molecule has 0 spiro atoms. The number of pyridine rings is 1. The van der Waals surface area contributed by atoms with Gasteiger partial charge in [-0.05, 0) is 52.4 Å².